The predicted octanol–water partition coefficient (Wildman–Crippen LogP) is 7.53. The van der Waals surface area contributed by atoms with Gasteiger partial charge in [-0.2, -0.15) is 5.26 Å². The Kier molecular flexibility index (Phi) is 8.24. The van der Waals surface area contributed by atoms with Crippen molar-refractivity contribution in [2.75, 3.05) is 10.6 Å². The third-order valence-electron chi connectivity index (χ3n) is 6.44. The molecule has 1 aliphatic rings. The number of aryl methyl sites for hydroxylation is 1. The van der Waals surface area contributed by atoms with Crippen LogP contribution in [-0.4, -0.2) is 20.9 Å². The molecule has 4 rings (SSSR count). The summed E-state index contributed by atoms with van der Waals surface area (Å²) in [5, 5.41) is 29.2. The summed E-state index contributed by atoms with van der Waals surface area (Å²) in [6.07, 6.45) is 7.75. The van der Waals surface area contributed by atoms with E-state index in [1.807, 2.05) is 13.0 Å². The molecule has 1 saturated carbocycles. The molecule has 10 heteroatoms. The Morgan fingerprint density at radius 3 is 2.39 bits per heavy atom. The van der Waals surface area contributed by atoms with Crippen LogP contribution < -0.4 is 10.6 Å². The minimum Gasteiger partial charge on any atom is -0.361 e. The molecule has 1 aliphatic carbocycles. The molecule has 1 fully saturated rings. The van der Waals surface area contributed by atoms with Crippen molar-refractivity contribution < 1.29 is 4.92 Å². The second kappa shape index (κ2) is 11.5. The molecule has 1 aromatic heterocycles. The van der Waals surface area contributed by atoms with Crippen molar-refractivity contribution in [3.63, 3.8) is 0 Å². The van der Waals surface area contributed by atoms with Gasteiger partial charge in [-0.15, -0.1) is 0 Å². The van der Waals surface area contributed by atoms with Crippen molar-refractivity contribution in [1.82, 2.24) is 9.97 Å². The molecule has 0 saturated heterocycles. The first-order chi connectivity index (χ1) is 17.4. The van der Waals surface area contributed by atoms with Crippen LogP contribution in [-0.2, 0) is 0 Å². The minimum atomic E-state index is -0.591. The fraction of sp³-hybridized carbons (Fsp3) is 0.346. The molecule has 0 aliphatic heterocycles. The van der Waals surface area contributed by atoms with Crippen molar-refractivity contribution in [3.8, 4) is 6.07 Å². The molecule has 2 N–H and O–H groups in total. The maximum atomic E-state index is 12.0. The standard InChI is InChI=1S/C26H26Cl2N6O2/c1-16-12-20(21(14-29)17-8-10-18(27)11-9-17)22(28)13-23(16)33-26-24(34(35)36)25(30-15-31-26)32-19-6-4-2-3-5-7-19/h8-13,15,19,21H,2-7H2,1H3,(H2,30,31,32,33). The number of benzene rings is 2. The van der Waals surface area contributed by atoms with Crippen LogP contribution in [0.25, 0.3) is 0 Å². The molecule has 0 spiro atoms. The number of anilines is 3. The highest BCUT2D eigenvalue weighted by molar-refractivity contribution is 6.32. The van der Waals surface area contributed by atoms with Crippen molar-refractivity contribution >= 4 is 46.2 Å². The van der Waals surface area contributed by atoms with Crippen LogP contribution in [0.3, 0.4) is 0 Å². The molecule has 1 atom stereocenters. The lowest BCUT2D eigenvalue weighted by Crippen LogP contribution is -2.20. The first-order valence-electron chi connectivity index (χ1n) is 11.9. The summed E-state index contributed by atoms with van der Waals surface area (Å²) in [6.45, 7) is 1.84. The van der Waals surface area contributed by atoms with E-state index in [1.54, 1.807) is 30.3 Å². The van der Waals surface area contributed by atoms with Gasteiger partial charge in [0.2, 0.25) is 11.6 Å². The number of hydrogen-bond acceptors (Lipinski definition) is 7. The first-order valence-corrected chi connectivity index (χ1v) is 12.6. The zero-order valence-corrected chi connectivity index (χ0v) is 21.3. The van der Waals surface area contributed by atoms with Gasteiger partial charge in [-0.25, -0.2) is 9.97 Å². The van der Waals surface area contributed by atoms with Gasteiger partial charge in [0.05, 0.1) is 16.9 Å². The van der Waals surface area contributed by atoms with Gasteiger partial charge in [-0.05, 0) is 54.7 Å². The van der Waals surface area contributed by atoms with E-state index in [0.717, 1.165) is 36.8 Å². The number of nitrogens with zero attached hydrogens (tertiary/aromatic N) is 4. The fourth-order valence-electron chi connectivity index (χ4n) is 4.53. The van der Waals surface area contributed by atoms with Gasteiger partial charge in [0.25, 0.3) is 0 Å². The Labute approximate surface area is 219 Å². The predicted molar refractivity (Wildman–Crippen MR) is 142 cm³/mol. The Hall–Kier alpha value is -3.41. The SMILES string of the molecule is Cc1cc(C(C#N)c2ccc(Cl)cc2)c(Cl)cc1Nc1ncnc(NC2CCCCCC2)c1[N+](=O)[O-]. The topological polar surface area (TPSA) is 117 Å². The van der Waals surface area contributed by atoms with E-state index in [-0.39, 0.29) is 23.4 Å². The highest BCUT2D eigenvalue weighted by Gasteiger charge is 2.26. The number of nitro groups is 1. The van der Waals surface area contributed by atoms with E-state index < -0.39 is 10.8 Å². The molecule has 1 heterocycles. The van der Waals surface area contributed by atoms with E-state index in [9.17, 15) is 15.4 Å². The van der Waals surface area contributed by atoms with Gasteiger partial charge in [0.15, 0.2) is 0 Å². The molecule has 0 radical (unpaired) electrons. The summed E-state index contributed by atoms with van der Waals surface area (Å²) in [5.41, 5.74) is 2.51. The van der Waals surface area contributed by atoms with Crippen LogP contribution in [0, 0.1) is 28.4 Å². The van der Waals surface area contributed by atoms with Gasteiger partial charge >= 0.3 is 5.69 Å². The number of rotatable bonds is 7. The number of halogens is 2. The smallest absolute Gasteiger partial charge is 0.353 e. The highest BCUT2D eigenvalue weighted by atomic mass is 35.5. The summed E-state index contributed by atoms with van der Waals surface area (Å²) in [7, 11) is 0. The third kappa shape index (κ3) is 5.86. The molecule has 8 nitrogen and oxygen atoms in total. The van der Waals surface area contributed by atoms with E-state index in [0.29, 0.717) is 21.3 Å². The summed E-state index contributed by atoms with van der Waals surface area (Å²) in [6, 6.07) is 13.0. The zero-order chi connectivity index (χ0) is 25.7. The van der Waals surface area contributed by atoms with E-state index in [1.165, 1.54) is 19.2 Å². The Morgan fingerprint density at radius 2 is 1.75 bits per heavy atom. The van der Waals surface area contributed by atoms with Gasteiger partial charge in [-0.3, -0.25) is 10.1 Å². The monoisotopic (exact) mass is 524 g/mol. The normalized spacial score (nSPS) is 14.9. The van der Waals surface area contributed by atoms with Crippen LogP contribution in [0.2, 0.25) is 10.0 Å². The number of nitrogens with one attached hydrogen (secondary N) is 2. The summed E-state index contributed by atoms with van der Waals surface area (Å²) in [5.74, 6) is -0.309. The lowest BCUT2D eigenvalue weighted by atomic mass is 9.91. The van der Waals surface area contributed by atoms with Crippen molar-refractivity contribution in [2.45, 2.75) is 57.4 Å². The second-order valence-corrected chi connectivity index (χ2v) is 9.78. The molecule has 36 heavy (non-hydrogen) atoms. The fourth-order valence-corrected chi connectivity index (χ4v) is 4.93. The van der Waals surface area contributed by atoms with Crippen LogP contribution in [0.1, 0.15) is 61.1 Å². The molecule has 3 aromatic rings. The Balaban J connectivity index is 1.64. The van der Waals surface area contributed by atoms with E-state index in [4.69, 9.17) is 23.2 Å². The largest absolute Gasteiger partial charge is 0.361 e. The van der Waals surface area contributed by atoms with E-state index >= 15 is 0 Å². The lowest BCUT2D eigenvalue weighted by molar-refractivity contribution is -0.383. The molecule has 0 amide bonds. The summed E-state index contributed by atoms with van der Waals surface area (Å²) >= 11 is 12.6. The average molecular weight is 525 g/mol. The van der Waals surface area contributed by atoms with Crippen LogP contribution in [0.5, 0.6) is 0 Å². The van der Waals surface area contributed by atoms with Gasteiger partial charge in [0, 0.05) is 21.8 Å². The molecular weight excluding hydrogens is 499 g/mol. The van der Waals surface area contributed by atoms with Gasteiger partial charge in [0.1, 0.15) is 6.33 Å². The average Bonchev–Trinajstić information content (AvgIpc) is 3.12. The number of hydrogen-bond donors (Lipinski definition) is 2. The van der Waals surface area contributed by atoms with Gasteiger partial charge < -0.3 is 10.6 Å². The van der Waals surface area contributed by atoms with Crippen molar-refractivity contribution in [2.24, 2.45) is 0 Å². The van der Waals surface area contributed by atoms with Crippen LogP contribution in [0.15, 0.2) is 42.7 Å². The summed E-state index contributed by atoms with van der Waals surface area (Å²) < 4.78 is 0. The lowest BCUT2D eigenvalue weighted by Gasteiger charge is -2.18. The third-order valence-corrected chi connectivity index (χ3v) is 7.02. The minimum absolute atomic E-state index is 0.0765. The van der Waals surface area contributed by atoms with Crippen molar-refractivity contribution in [1.29, 1.82) is 5.26 Å². The number of nitriles is 1. The van der Waals surface area contributed by atoms with Gasteiger partial charge in [-0.1, -0.05) is 67.1 Å². The quantitative estimate of drug-likeness (QED) is 0.186. The second-order valence-electron chi connectivity index (χ2n) is 8.94. The molecule has 0 bridgehead atoms. The molecule has 1 unspecified atom stereocenters. The van der Waals surface area contributed by atoms with Crippen molar-refractivity contribution in [3.05, 3.63) is 79.6 Å². The highest BCUT2D eigenvalue weighted by Crippen LogP contribution is 2.37. The van der Waals surface area contributed by atoms with Crippen LogP contribution in [0.4, 0.5) is 23.0 Å². The Morgan fingerprint density at radius 1 is 1.08 bits per heavy atom. The first kappa shape index (κ1) is 25.7. The molecular formula is C26H26Cl2N6O2. The zero-order valence-electron chi connectivity index (χ0n) is 19.8. The van der Waals surface area contributed by atoms with E-state index in [2.05, 4.69) is 26.7 Å². The molecule has 186 valence electrons. The maximum absolute atomic E-state index is 12.0. The number of aromatic nitrogens is 2. The Bertz CT molecular complexity index is 1280. The van der Waals surface area contributed by atoms with Crippen LogP contribution >= 0.6 is 23.2 Å². The summed E-state index contributed by atoms with van der Waals surface area (Å²) in [4.78, 5) is 19.9. The molecule has 2 aromatic carbocycles. The maximum Gasteiger partial charge on any atom is 0.353 e.